The number of hydrogen-bond acceptors (Lipinski definition) is 4. The summed E-state index contributed by atoms with van der Waals surface area (Å²) in [6.07, 6.45) is 1.64. The summed E-state index contributed by atoms with van der Waals surface area (Å²) >= 11 is 5.36. The first-order valence-electron chi connectivity index (χ1n) is 8.97. The first-order valence-corrected chi connectivity index (χ1v) is 9.38. The van der Waals surface area contributed by atoms with Crippen LogP contribution in [0.25, 0.3) is 0 Å². The first-order chi connectivity index (χ1) is 13.2. The fourth-order valence-corrected chi connectivity index (χ4v) is 3.38. The number of amides is 1. The third-order valence-electron chi connectivity index (χ3n) is 4.65. The summed E-state index contributed by atoms with van der Waals surface area (Å²) in [4.78, 5) is 13.6. The number of benzene rings is 2. The number of nitrogens with zero attached hydrogens (tertiary/aromatic N) is 1. The Morgan fingerprint density at radius 3 is 2.63 bits per heavy atom. The van der Waals surface area contributed by atoms with Gasteiger partial charge in [-0.15, -0.1) is 0 Å². The molecule has 7 heteroatoms. The van der Waals surface area contributed by atoms with Crippen molar-refractivity contribution in [1.82, 2.24) is 10.2 Å². The van der Waals surface area contributed by atoms with Gasteiger partial charge in [0.1, 0.15) is 0 Å². The molecule has 2 heterocycles. The molecule has 0 aliphatic carbocycles. The van der Waals surface area contributed by atoms with E-state index in [2.05, 4.69) is 34.9 Å². The molecule has 2 aromatic rings. The predicted molar refractivity (Wildman–Crippen MR) is 107 cm³/mol. The van der Waals surface area contributed by atoms with Crippen molar-refractivity contribution in [2.24, 2.45) is 0 Å². The van der Waals surface area contributed by atoms with Gasteiger partial charge in [0.05, 0.1) is 0 Å². The summed E-state index contributed by atoms with van der Waals surface area (Å²) in [5.74, 6) is 1.71. The molecule has 2 aliphatic rings. The summed E-state index contributed by atoms with van der Waals surface area (Å²) in [5, 5.41) is 6.89. The number of carbonyl (C=O) groups is 1. The van der Waals surface area contributed by atoms with Crippen molar-refractivity contribution in [1.29, 1.82) is 0 Å². The zero-order valence-corrected chi connectivity index (χ0v) is 15.7. The summed E-state index contributed by atoms with van der Waals surface area (Å²) in [6, 6.07) is 13.9. The fraction of sp³-hybridized carbons (Fsp3) is 0.300. The van der Waals surface area contributed by atoms with Crippen LogP contribution in [-0.2, 0) is 17.9 Å². The fourth-order valence-electron chi connectivity index (χ4n) is 3.19. The van der Waals surface area contributed by atoms with Gasteiger partial charge in [0.15, 0.2) is 16.6 Å². The molecular formula is C20H21N3O3S. The maximum Gasteiger partial charge on any atom is 0.231 e. The number of anilines is 1. The van der Waals surface area contributed by atoms with Crippen molar-refractivity contribution >= 4 is 28.9 Å². The first kappa shape index (κ1) is 17.6. The molecule has 0 spiro atoms. The Hall–Kier alpha value is -2.80. The van der Waals surface area contributed by atoms with E-state index in [1.807, 2.05) is 23.1 Å². The van der Waals surface area contributed by atoms with Crippen LogP contribution in [0.3, 0.4) is 0 Å². The van der Waals surface area contributed by atoms with Crippen LogP contribution in [0.15, 0.2) is 42.5 Å². The molecule has 0 unspecified atom stereocenters. The summed E-state index contributed by atoms with van der Waals surface area (Å²) < 4.78 is 10.7. The third kappa shape index (κ3) is 4.31. The quantitative estimate of drug-likeness (QED) is 0.774. The minimum Gasteiger partial charge on any atom is -0.454 e. The van der Waals surface area contributed by atoms with E-state index >= 15 is 0 Å². The van der Waals surface area contributed by atoms with Gasteiger partial charge in [-0.05, 0) is 41.9 Å². The van der Waals surface area contributed by atoms with Crippen molar-refractivity contribution < 1.29 is 14.3 Å². The Morgan fingerprint density at radius 2 is 1.85 bits per heavy atom. The topological polar surface area (TPSA) is 62.8 Å². The smallest absolute Gasteiger partial charge is 0.231 e. The van der Waals surface area contributed by atoms with Crippen LogP contribution >= 0.6 is 12.2 Å². The number of hydrogen-bond donors (Lipinski definition) is 2. The standard InChI is InChI=1S/C20H21N3O3S/c24-19-2-1-9-23(19)12-15-5-3-14(4-6-15)11-21-20(27)22-16-7-8-17-18(10-16)26-13-25-17/h3-8,10H,1-2,9,11-13H2,(H2,21,22,27). The number of fused-ring (bicyclic) bond motifs is 1. The Kier molecular flexibility index (Phi) is 5.11. The largest absolute Gasteiger partial charge is 0.454 e. The average molecular weight is 383 g/mol. The summed E-state index contributed by atoms with van der Waals surface area (Å²) in [6.45, 7) is 2.43. The lowest BCUT2D eigenvalue weighted by atomic mass is 10.1. The van der Waals surface area contributed by atoms with Gasteiger partial charge >= 0.3 is 0 Å². The SMILES string of the molecule is O=C1CCCN1Cc1ccc(CNC(=S)Nc2ccc3c(c2)OCO3)cc1. The van der Waals surface area contributed by atoms with E-state index in [4.69, 9.17) is 21.7 Å². The third-order valence-corrected chi connectivity index (χ3v) is 4.90. The van der Waals surface area contributed by atoms with Crippen molar-refractivity contribution in [2.75, 3.05) is 18.7 Å². The highest BCUT2D eigenvalue weighted by Gasteiger charge is 2.19. The van der Waals surface area contributed by atoms with Crippen LogP contribution in [0, 0.1) is 0 Å². The van der Waals surface area contributed by atoms with Crippen LogP contribution in [0.4, 0.5) is 5.69 Å². The number of ether oxygens (including phenoxy) is 2. The van der Waals surface area contributed by atoms with Crippen molar-refractivity contribution in [3.63, 3.8) is 0 Å². The Morgan fingerprint density at radius 1 is 1.07 bits per heavy atom. The number of nitrogens with one attached hydrogen (secondary N) is 2. The molecule has 2 aliphatic heterocycles. The monoisotopic (exact) mass is 383 g/mol. The molecule has 140 valence electrons. The van der Waals surface area contributed by atoms with Crippen LogP contribution in [0.1, 0.15) is 24.0 Å². The second-order valence-electron chi connectivity index (χ2n) is 6.61. The van der Waals surface area contributed by atoms with Gasteiger partial charge in [-0.2, -0.15) is 0 Å². The van der Waals surface area contributed by atoms with Crippen molar-refractivity contribution in [2.45, 2.75) is 25.9 Å². The molecule has 2 N–H and O–H groups in total. The lowest BCUT2D eigenvalue weighted by Crippen LogP contribution is -2.27. The molecule has 0 radical (unpaired) electrons. The molecule has 2 aromatic carbocycles. The zero-order valence-electron chi connectivity index (χ0n) is 14.9. The highest BCUT2D eigenvalue weighted by atomic mass is 32.1. The Balaban J connectivity index is 1.27. The molecular weight excluding hydrogens is 362 g/mol. The molecule has 1 fully saturated rings. The van der Waals surface area contributed by atoms with Crippen molar-refractivity contribution in [3.05, 3.63) is 53.6 Å². The molecule has 6 nitrogen and oxygen atoms in total. The minimum absolute atomic E-state index is 0.251. The van der Waals surface area contributed by atoms with Gasteiger partial charge in [0.25, 0.3) is 0 Å². The predicted octanol–water partition coefficient (Wildman–Crippen LogP) is 3.02. The molecule has 0 saturated carbocycles. The molecule has 0 atom stereocenters. The molecule has 0 bridgehead atoms. The van der Waals surface area contributed by atoms with E-state index in [0.717, 1.165) is 41.3 Å². The highest BCUT2D eigenvalue weighted by molar-refractivity contribution is 7.80. The second kappa shape index (κ2) is 7.84. The van der Waals surface area contributed by atoms with Gasteiger partial charge in [-0.3, -0.25) is 4.79 Å². The number of carbonyl (C=O) groups excluding carboxylic acids is 1. The van der Waals surface area contributed by atoms with E-state index in [0.29, 0.717) is 24.6 Å². The van der Waals surface area contributed by atoms with E-state index < -0.39 is 0 Å². The van der Waals surface area contributed by atoms with Crippen molar-refractivity contribution in [3.8, 4) is 11.5 Å². The maximum atomic E-state index is 11.7. The van der Waals surface area contributed by atoms with Gasteiger partial charge in [0, 0.05) is 37.8 Å². The zero-order chi connectivity index (χ0) is 18.6. The Bertz CT molecular complexity index is 854. The maximum absolute atomic E-state index is 11.7. The minimum atomic E-state index is 0.251. The lowest BCUT2D eigenvalue weighted by molar-refractivity contribution is -0.128. The molecule has 0 aromatic heterocycles. The second-order valence-corrected chi connectivity index (χ2v) is 7.02. The van der Waals surface area contributed by atoms with E-state index in [-0.39, 0.29) is 12.7 Å². The summed E-state index contributed by atoms with van der Waals surface area (Å²) in [7, 11) is 0. The Labute approximate surface area is 163 Å². The number of likely N-dealkylation sites (tertiary alicyclic amines) is 1. The summed E-state index contributed by atoms with van der Waals surface area (Å²) in [5.41, 5.74) is 3.12. The number of rotatable bonds is 5. The van der Waals surface area contributed by atoms with Crippen LogP contribution in [0.5, 0.6) is 11.5 Å². The van der Waals surface area contributed by atoms with E-state index in [1.165, 1.54) is 0 Å². The molecule has 4 rings (SSSR count). The van der Waals surface area contributed by atoms with Gasteiger partial charge < -0.3 is 25.0 Å². The average Bonchev–Trinajstić information content (AvgIpc) is 3.30. The highest BCUT2D eigenvalue weighted by Crippen LogP contribution is 2.34. The van der Waals surface area contributed by atoms with Crippen LogP contribution in [-0.4, -0.2) is 29.3 Å². The van der Waals surface area contributed by atoms with Crippen LogP contribution < -0.4 is 20.1 Å². The molecule has 27 heavy (non-hydrogen) atoms. The van der Waals surface area contributed by atoms with Gasteiger partial charge in [-0.25, -0.2) is 0 Å². The number of thiocarbonyl (C=S) groups is 1. The van der Waals surface area contributed by atoms with E-state index in [1.54, 1.807) is 0 Å². The molecule has 1 saturated heterocycles. The van der Waals surface area contributed by atoms with Crippen LogP contribution in [0.2, 0.25) is 0 Å². The van der Waals surface area contributed by atoms with E-state index in [9.17, 15) is 4.79 Å². The van der Waals surface area contributed by atoms with Gasteiger partial charge in [-0.1, -0.05) is 24.3 Å². The normalized spacial score (nSPS) is 15.1. The molecule has 1 amide bonds. The van der Waals surface area contributed by atoms with Gasteiger partial charge in [0.2, 0.25) is 12.7 Å². The lowest BCUT2D eigenvalue weighted by Gasteiger charge is -2.16.